The molecule has 7 nitrogen and oxygen atoms in total. The smallest absolute Gasteiger partial charge is 0.314 e. The van der Waals surface area contributed by atoms with Crippen molar-refractivity contribution < 1.29 is 9.90 Å². The Labute approximate surface area is 149 Å². The van der Waals surface area contributed by atoms with E-state index in [0.29, 0.717) is 13.1 Å². The molecule has 2 heterocycles. The van der Waals surface area contributed by atoms with Crippen LogP contribution in [0.15, 0.2) is 0 Å². The van der Waals surface area contributed by atoms with Gasteiger partial charge in [-0.1, -0.05) is 25.7 Å². The Morgan fingerprint density at radius 3 is 2.72 bits per heavy atom. The van der Waals surface area contributed by atoms with Crippen LogP contribution < -0.4 is 10.6 Å². The minimum Gasteiger partial charge on any atom is -0.388 e. The molecular weight excluding hydrogens is 318 g/mol. The molecule has 1 aromatic heterocycles. The first kappa shape index (κ1) is 18.2. The first-order valence-corrected chi connectivity index (χ1v) is 9.81. The number of aliphatic hydroxyl groups is 1. The number of fused-ring (bicyclic) bond motifs is 1. The van der Waals surface area contributed by atoms with Gasteiger partial charge in [0.25, 0.3) is 0 Å². The lowest BCUT2D eigenvalue weighted by atomic mass is 9.85. The van der Waals surface area contributed by atoms with E-state index in [1.54, 1.807) is 0 Å². The summed E-state index contributed by atoms with van der Waals surface area (Å²) < 4.78 is 2.26. The van der Waals surface area contributed by atoms with E-state index in [-0.39, 0.29) is 6.03 Å². The van der Waals surface area contributed by atoms with Crippen LogP contribution in [0.4, 0.5) is 4.79 Å². The summed E-state index contributed by atoms with van der Waals surface area (Å²) in [4.78, 5) is 11.9. The number of nitrogens with one attached hydrogen (secondary N) is 2. The molecule has 1 saturated carbocycles. The van der Waals surface area contributed by atoms with E-state index < -0.39 is 5.60 Å². The molecule has 3 N–H and O–H groups in total. The molecule has 7 heteroatoms. The summed E-state index contributed by atoms with van der Waals surface area (Å²) in [6.07, 6.45) is 11.2. The highest BCUT2D eigenvalue weighted by atomic mass is 16.3. The zero-order valence-corrected chi connectivity index (χ0v) is 15.1. The van der Waals surface area contributed by atoms with E-state index in [2.05, 4.69) is 25.4 Å². The van der Waals surface area contributed by atoms with Gasteiger partial charge in [0.1, 0.15) is 11.6 Å². The van der Waals surface area contributed by atoms with E-state index in [0.717, 1.165) is 63.1 Å². The average molecular weight is 349 g/mol. The van der Waals surface area contributed by atoms with Crippen molar-refractivity contribution in [2.45, 2.75) is 82.8 Å². The van der Waals surface area contributed by atoms with Gasteiger partial charge in [-0.15, -0.1) is 10.2 Å². The first-order valence-electron chi connectivity index (χ1n) is 9.81. The maximum absolute atomic E-state index is 11.9. The van der Waals surface area contributed by atoms with Crippen molar-refractivity contribution in [3.8, 4) is 0 Å². The second-order valence-electron chi connectivity index (χ2n) is 7.49. The van der Waals surface area contributed by atoms with E-state index in [1.165, 1.54) is 25.7 Å². The Bertz CT molecular complexity index is 566. The van der Waals surface area contributed by atoms with Crippen LogP contribution in [0.1, 0.15) is 69.4 Å². The van der Waals surface area contributed by atoms with Crippen LogP contribution in [0.25, 0.3) is 0 Å². The molecule has 0 aromatic carbocycles. The monoisotopic (exact) mass is 349 g/mol. The van der Waals surface area contributed by atoms with Gasteiger partial charge in [-0.2, -0.15) is 0 Å². The second-order valence-corrected chi connectivity index (χ2v) is 7.49. The largest absolute Gasteiger partial charge is 0.388 e. The van der Waals surface area contributed by atoms with Gasteiger partial charge in [-0.3, -0.25) is 0 Å². The van der Waals surface area contributed by atoms with Crippen LogP contribution in [0.2, 0.25) is 0 Å². The lowest BCUT2D eigenvalue weighted by Gasteiger charge is -2.32. The number of hydrogen-bond acceptors (Lipinski definition) is 4. The van der Waals surface area contributed by atoms with Crippen molar-refractivity contribution in [1.29, 1.82) is 0 Å². The molecule has 2 aliphatic rings. The summed E-state index contributed by atoms with van der Waals surface area (Å²) in [5.41, 5.74) is -0.714. The fourth-order valence-corrected chi connectivity index (χ4v) is 3.87. The Hall–Kier alpha value is -1.63. The fraction of sp³-hybridized carbons (Fsp3) is 0.833. The number of hydrogen-bond donors (Lipinski definition) is 3. The van der Waals surface area contributed by atoms with E-state index >= 15 is 0 Å². The summed E-state index contributed by atoms with van der Waals surface area (Å²) in [7, 11) is 0. The minimum absolute atomic E-state index is 0.195. The summed E-state index contributed by atoms with van der Waals surface area (Å²) in [6, 6.07) is -0.195. The third-order valence-electron chi connectivity index (χ3n) is 5.41. The molecule has 1 fully saturated rings. The van der Waals surface area contributed by atoms with Crippen LogP contribution in [0.5, 0.6) is 0 Å². The Kier molecular flexibility index (Phi) is 6.29. The third-order valence-corrected chi connectivity index (χ3v) is 5.41. The maximum atomic E-state index is 11.9. The summed E-state index contributed by atoms with van der Waals surface area (Å²) in [6.45, 7) is 1.97. The van der Waals surface area contributed by atoms with Gasteiger partial charge in [-0.05, 0) is 32.1 Å². The number of carbonyl (C=O) groups excluding carboxylic acids is 1. The minimum atomic E-state index is -0.714. The number of nitrogens with zero attached hydrogens (tertiary/aromatic N) is 3. The number of rotatable bonds is 6. The standard InChI is InChI=1S/C18H31N5O2/c24-17(20-14-18(25)10-4-2-5-11-18)19-12-7-9-16-22-21-15-8-3-1-6-13-23(15)16/h25H,1-14H2,(H2,19,20,24). The topological polar surface area (TPSA) is 92.1 Å². The van der Waals surface area contributed by atoms with Gasteiger partial charge < -0.3 is 20.3 Å². The molecule has 0 saturated heterocycles. The van der Waals surface area contributed by atoms with E-state index in [4.69, 9.17) is 0 Å². The SMILES string of the molecule is O=C(NCCCc1nnc2n1CCCCC2)NCC1(O)CCCCC1. The quantitative estimate of drug-likeness (QED) is 0.684. The number of aryl methyl sites for hydroxylation is 2. The van der Waals surface area contributed by atoms with E-state index in [9.17, 15) is 9.90 Å². The summed E-state index contributed by atoms with van der Waals surface area (Å²) in [5, 5.41) is 24.7. The van der Waals surface area contributed by atoms with Crippen LogP contribution in [-0.4, -0.2) is 44.6 Å². The van der Waals surface area contributed by atoms with Crippen LogP contribution in [0, 0.1) is 0 Å². The van der Waals surface area contributed by atoms with Crippen LogP contribution >= 0.6 is 0 Å². The number of urea groups is 1. The molecule has 0 spiro atoms. The lowest BCUT2D eigenvalue weighted by Crippen LogP contribution is -2.47. The predicted molar refractivity (Wildman–Crippen MR) is 95.3 cm³/mol. The molecule has 0 radical (unpaired) electrons. The highest BCUT2D eigenvalue weighted by Crippen LogP contribution is 2.27. The van der Waals surface area contributed by atoms with Crippen molar-refractivity contribution >= 4 is 6.03 Å². The third kappa shape index (κ3) is 5.17. The zero-order chi connectivity index (χ0) is 17.5. The predicted octanol–water partition coefficient (Wildman–Crippen LogP) is 1.93. The Balaban J connectivity index is 1.34. The molecule has 0 bridgehead atoms. The molecule has 1 aliphatic carbocycles. The maximum Gasteiger partial charge on any atom is 0.314 e. The molecule has 1 aliphatic heterocycles. The molecule has 1 aromatic rings. The summed E-state index contributed by atoms with van der Waals surface area (Å²) >= 11 is 0. The number of aromatic nitrogens is 3. The van der Waals surface area contributed by atoms with Crippen LogP contribution in [0.3, 0.4) is 0 Å². The van der Waals surface area contributed by atoms with Gasteiger partial charge in [-0.25, -0.2) is 4.79 Å². The molecule has 25 heavy (non-hydrogen) atoms. The van der Waals surface area contributed by atoms with Crippen molar-refractivity contribution in [2.75, 3.05) is 13.1 Å². The zero-order valence-electron chi connectivity index (χ0n) is 15.1. The lowest BCUT2D eigenvalue weighted by molar-refractivity contribution is 0.00720. The Morgan fingerprint density at radius 2 is 1.88 bits per heavy atom. The average Bonchev–Trinajstić information content (AvgIpc) is 2.84. The Morgan fingerprint density at radius 1 is 1.08 bits per heavy atom. The first-order chi connectivity index (χ1) is 12.2. The van der Waals surface area contributed by atoms with Crippen molar-refractivity contribution in [1.82, 2.24) is 25.4 Å². The molecule has 0 unspecified atom stereocenters. The highest BCUT2D eigenvalue weighted by molar-refractivity contribution is 5.73. The molecular formula is C18H31N5O2. The summed E-state index contributed by atoms with van der Waals surface area (Å²) in [5.74, 6) is 2.15. The van der Waals surface area contributed by atoms with Crippen LogP contribution in [-0.2, 0) is 19.4 Å². The molecule has 0 atom stereocenters. The van der Waals surface area contributed by atoms with Crippen molar-refractivity contribution in [3.05, 3.63) is 11.6 Å². The normalized spacial score (nSPS) is 19.7. The second kappa shape index (κ2) is 8.65. The fourth-order valence-electron chi connectivity index (χ4n) is 3.87. The van der Waals surface area contributed by atoms with Crippen molar-refractivity contribution in [2.24, 2.45) is 0 Å². The van der Waals surface area contributed by atoms with Gasteiger partial charge >= 0.3 is 6.03 Å². The molecule has 2 amide bonds. The van der Waals surface area contributed by atoms with Gasteiger partial charge in [0.2, 0.25) is 0 Å². The van der Waals surface area contributed by atoms with Gasteiger partial charge in [0, 0.05) is 32.5 Å². The van der Waals surface area contributed by atoms with E-state index in [1.807, 2.05) is 0 Å². The highest BCUT2D eigenvalue weighted by Gasteiger charge is 2.29. The molecule has 140 valence electrons. The number of carbonyl (C=O) groups is 1. The number of amides is 2. The van der Waals surface area contributed by atoms with Gasteiger partial charge in [0.05, 0.1) is 5.60 Å². The van der Waals surface area contributed by atoms with Gasteiger partial charge in [0.15, 0.2) is 0 Å². The molecule has 3 rings (SSSR count). The van der Waals surface area contributed by atoms with Crippen molar-refractivity contribution in [3.63, 3.8) is 0 Å².